The van der Waals surface area contributed by atoms with Crippen molar-refractivity contribution in [3.05, 3.63) is 57.8 Å². The van der Waals surface area contributed by atoms with Crippen molar-refractivity contribution in [1.29, 1.82) is 0 Å². The monoisotopic (exact) mass is 420 g/mol. The molecule has 1 heterocycles. The van der Waals surface area contributed by atoms with Gasteiger partial charge in [-0.3, -0.25) is 4.79 Å². The molecule has 1 amide bonds. The van der Waals surface area contributed by atoms with Gasteiger partial charge in [-0.1, -0.05) is 28.1 Å². The molecule has 2 aromatic rings. The maximum Gasteiger partial charge on any atom is 0.260 e. The molecular formula is C20H22BrFN2O2. The van der Waals surface area contributed by atoms with Crippen LogP contribution >= 0.6 is 15.9 Å². The summed E-state index contributed by atoms with van der Waals surface area (Å²) in [4.78, 5) is 16.4. The molecule has 138 valence electrons. The number of nitrogens with zero attached hydrogens (tertiary/aromatic N) is 2. The minimum Gasteiger partial charge on any atom is -0.481 e. The maximum absolute atomic E-state index is 13.8. The summed E-state index contributed by atoms with van der Waals surface area (Å²) in [6, 6.07) is 10.8. The SMILES string of the molecule is Cc1cccc(N2CCN(C(=O)COc3ccc(Br)cc3F)CC2)c1C. The smallest absolute Gasteiger partial charge is 0.260 e. The summed E-state index contributed by atoms with van der Waals surface area (Å²) in [6.45, 7) is 6.92. The minimum atomic E-state index is -0.480. The van der Waals surface area contributed by atoms with Crippen LogP contribution in [-0.4, -0.2) is 43.6 Å². The van der Waals surface area contributed by atoms with Gasteiger partial charge in [0.25, 0.3) is 5.91 Å². The van der Waals surface area contributed by atoms with Crippen LogP contribution in [0.5, 0.6) is 5.75 Å². The molecule has 0 N–H and O–H groups in total. The van der Waals surface area contributed by atoms with Crippen molar-refractivity contribution in [2.45, 2.75) is 13.8 Å². The molecule has 0 unspecified atom stereocenters. The highest BCUT2D eigenvalue weighted by Crippen LogP contribution is 2.24. The maximum atomic E-state index is 13.8. The summed E-state index contributed by atoms with van der Waals surface area (Å²) in [5, 5.41) is 0. The molecule has 0 saturated carbocycles. The lowest BCUT2D eigenvalue weighted by molar-refractivity contribution is -0.133. The zero-order chi connectivity index (χ0) is 18.7. The molecule has 2 aromatic carbocycles. The molecule has 0 atom stereocenters. The van der Waals surface area contributed by atoms with Gasteiger partial charge in [0.1, 0.15) is 0 Å². The predicted octanol–water partition coefficient (Wildman–Crippen LogP) is 3.93. The van der Waals surface area contributed by atoms with Gasteiger partial charge in [0.05, 0.1) is 0 Å². The number of amides is 1. The number of benzene rings is 2. The van der Waals surface area contributed by atoms with Crippen LogP contribution in [-0.2, 0) is 4.79 Å². The first-order valence-electron chi connectivity index (χ1n) is 8.62. The summed E-state index contributed by atoms with van der Waals surface area (Å²) in [5.41, 5.74) is 3.78. The molecule has 0 radical (unpaired) electrons. The van der Waals surface area contributed by atoms with Crippen LogP contribution in [0.2, 0.25) is 0 Å². The number of hydrogen-bond donors (Lipinski definition) is 0. The van der Waals surface area contributed by atoms with Crippen molar-refractivity contribution in [3.8, 4) is 5.75 Å². The van der Waals surface area contributed by atoms with Gasteiger partial charge in [0, 0.05) is 36.3 Å². The van der Waals surface area contributed by atoms with Crippen LogP contribution in [0, 0.1) is 19.7 Å². The van der Waals surface area contributed by atoms with Crippen LogP contribution < -0.4 is 9.64 Å². The number of piperazine rings is 1. The first-order valence-corrected chi connectivity index (χ1v) is 9.42. The van der Waals surface area contributed by atoms with E-state index in [1.54, 1.807) is 11.0 Å². The fourth-order valence-corrected chi connectivity index (χ4v) is 3.43. The molecule has 0 bridgehead atoms. The number of aryl methyl sites for hydroxylation is 1. The zero-order valence-corrected chi connectivity index (χ0v) is 16.6. The second kappa shape index (κ2) is 8.08. The predicted molar refractivity (Wildman–Crippen MR) is 104 cm³/mol. The Morgan fingerprint density at radius 1 is 1.15 bits per heavy atom. The van der Waals surface area contributed by atoms with Gasteiger partial charge in [0.2, 0.25) is 0 Å². The lowest BCUT2D eigenvalue weighted by atomic mass is 10.1. The summed E-state index contributed by atoms with van der Waals surface area (Å²) in [6.07, 6.45) is 0. The molecule has 1 fully saturated rings. The minimum absolute atomic E-state index is 0.0931. The largest absolute Gasteiger partial charge is 0.481 e. The van der Waals surface area contributed by atoms with Crippen molar-refractivity contribution >= 4 is 27.5 Å². The fraction of sp³-hybridized carbons (Fsp3) is 0.350. The topological polar surface area (TPSA) is 32.8 Å². The first-order chi connectivity index (χ1) is 12.5. The third-order valence-electron chi connectivity index (χ3n) is 4.79. The summed E-state index contributed by atoms with van der Waals surface area (Å²) in [5.74, 6) is -0.504. The van der Waals surface area contributed by atoms with E-state index in [-0.39, 0.29) is 18.3 Å². The molecule has 3 rings (SSSR count). The Morgan fingerprint density at radius 2 is 1.88 bits per heavy atom. The quantitative estimate of drug-likeness (QED) is 0.750. The third kappa shape index (κ3) is 4.18. The van der Waals surface area contributed by atoms with E-state index < -0.39 is 5.82 Å². The van der Waals surface area contributed by atoms with Crippen LogP contribution in [0.15, 0.2) is 40.9 Å². The van der Waals surface area contributed by atoms with Gasteiger partial charge >= 0.3 is 0 Å². The Bertz CT molecular complexity index is 804. The molecular weight excluding hydrogens is 399 g/mol. The van der Waals surface area contributed by atoms with Gasteiger partial charge in [-0.2, -0.15) is 0 Å². The van der Waals surface area contributed by atoms with E-state index in [1.807, 2.05) is 0 Å². The lowest BCUT2D eigenvalue weighted by Gasteiger charge is -2.37. The molecule has 1 aliphatic heterocycles. The van der Waals surface area contributed by atoms with Gasteiger partial charge in [0.15, 0.2) is 18.2 Å². The Kier molecular flexibility index (Phi) is 5.81. The average Bonchev–Trinajstić information content (AvgIpc) is 2.63. The number of rotatable bonds is 4. The van der Waals surface area contributed by atoms with E-state index in [0.717, 1.165) is 13.1 Å². The van der Waals surface area contributed by atoms with E-state index >= 15 is 0 Å². The van der Waals surface area contributed by atoms with Crippen LogP contribution in [0.1, 0.15) is 11.1 Å². The Hall–Kier alpha value is -2.08. The lowest BCUT2D eigenvalue weighted by Crippen LogP contribution is -2.50. The number of carbonyl (C=O) groups is 1. The van der Waals surface area contributed by atoms with Crippen molar-refractivity contribution in [2.24, 2.45) is 0 Å². The fourth-order valence-electron chi connectivity index (χ4n) is 3.10. The molecule has 0 aromatic heterocycles. The van der Waals surface area contributed by atoms with E-state index in [1.165, 1.54) is 28.9 Å². The molecule has 4 nitrogen and oxygen atoms in total. The van der Waals surface area contributed by atoms with Crippen LogP contribution in [0.25, 0.3) is 0 Å². The molecule has 1 saturated heterocycles. The molecule has 0 spiro atoms. The molecule has 0 aliphatic carbocycles. The summed E-state index contributed by atoms with van der Waals surface area (Å²) >= 11 is 3.20. The highest BCUT2D eigenvalue weighted by atomic mass is 79.9. The Balaban J connectivity index is 1.54. The average molecular weight is 421 g/mol. The van der Waals surface area contributed by atoms with Crippen LogP contribution in [0.3, 0.4) is 0 Å². The molecule has 26 heavy (non-hydrogen) atoms. The number of anilines is 1. The van der Waals surface area contributed by atoms with Crippen LogP contribution in [0.4, 0.5) is 10.1 Å². The van der Waals surface area contributed by atoms with E-state index in [9.17, 15) is 9.18 Å². The Morgan fingerprint density at radius 3 is 2.58 bits per heavy atom. The van der Waals surface area contributed by atoms with Gasteiger partial charge in [-0.05, 0) is 49.2 Å². The van der Waals surface area contributed by atoms with Gasteiger partial charge < -0.3 is 14.5 Å². The number of hydrogen-bond acceptors (Lipinski definition) is 3. The zero-order valence-electron chi connectivity index (χ0n) is 15.0. The number of ether oxygens (including phenoxy) is 1. The van der Waals surface area contributed by atoms with Gasteiger partial charge in [-0.25, -0.2) is 4.39 Å². The Labute approximate surface area is 161 Å². The number of halogens is 2. The second-order valence-corrected chi connectivity index (χ2v) is 7.37. The number of carbonyl (C=O) groups excluding carboxylic acids is 1. The van der Waals surface area contributed by atoms with Crippen molar-refractivity contribution in [3.63, 3.8) is 0 Å². The highest BCUT2D eigenvalue weighted by Gasteiger charge is 2.22. The van der Waals surface area contributed by atoms with E-state index in [0.29, 0.717) is 17.6 Å². The summed E-state index contributed by atoms with van der Waals surface area (Å²) < 4.78 is 19.8. The van der Waals surface area contributed by atoms with E-state index in [2.05, 4.69) is 52.9 Å². The first kappa shape index (κ1) is 18.7. The second-order valence-electron chi connectivity index (χ2n) is 6.45. The highest BCUT2D eigenvalue weighted by molar-refractivity contribution is 9.10. The standard InChI is InChI=1S/C20H22BrFN2O2/c1-14-4-3-5-18(15(14)2)23-8-10-24(11-9-23)20(25)13-26-19-7-6-16(21)12-17(19)22/h3-7,12H,8-11,13H2,1-2H3. The van der Waals surface area contributed by atoms with E-state index in [4.69, 9.17) is 4.74 Å². The summed E-state index contributed by atoms with van der Waals surface area (Å²) in [7, 11) is 0. The molecule has 1 aliphatic rings. The van der Waals surface area contributed by atoms with Crippen molar-refractivity contribution in [1.82, 2.24) is 4.90 Å². The third-order valence-corrected chi connectivity index (χ3v) is 5.29. The molecule has 6 heteroatoms. The van der Waals surface area contributed by atoms with Crippen molar-refractivity contribution in [2.75, 3.05) is 37.7 Å². The van der Waals surface area contributed by atoms with Crippen molar-refractivity contribution < 1.29 is 13.9 Å². The van der Waals surface area contributed by atoms with Gasteiger partial charge in [-0.15, -0.1) is 0 Å². The normalized spacial score (nSPS) is 14.5.